The molecule has 3 heterocycles. The maximum absolute atomic E-state index is 5.42. The van der Waals surface area contributed by atoms with Gasteiger partial charge in [-0.15, -0.1) is 0 Å². The van der Waals surface area contributed by atoms with Gasteiger partial charge in [0.1, 0.15) is 0 Å². The zero-order chi connectivity index (χ0) is 44.0. The van der Waals surface area contributed by atoms with E-state index in [2.05, 4.69) is 208 Å². The van der Waals surface area contributed by atoms with Gasteiger partial charge in [0.15, 0.2) is 11.6 Å². The van der Waals surface area contributed by atoms with Crippen LogP contribution >= 0.6 is 0 Å². The summed E-state index contributed by atoms with van der Waals surface area (Å²) in [6.45, 7) is 12.1. The monoisotopic (exact) mass is 839 g/mol. The summed E-state index contributed by atoms with van der Waals surface area (Å²) in [6.07, 6.45) is 1.18. The smallest absolute Gasteiger partial charge is 0.238 e. The van der Waals surface area contributed by atoms with Crippen LogP contribution in [0.1, 0.15) is 52.2 Å². The fraction of sp³-hybridized carbons (Fsp3) is 0.150. The van der Waals surface area contributed by atoms with Crippen LogP contribution in [-0.4, -0.2) is 24.1 Å². The van der Waals surface area contributed by atoms with Gasteiger partial charge in [-0.1, -0.05) is 192 Å². The SMILES string of the molecule is CC1CC(C)(C)c2ccc(-c3cccc(-n4c5ccccc5c5ccc6c7ccccc7n(-c7nc(-c8ccccc8)nc(-c8cccc(-c9ccccc9)c8)n7)c6c54)c3)cc2C1(C)C. The van der Waals surface area contributed by atoms with Crippen LogP contribution in [0.2, 0.25) is 0 Å². The minimum atomic E-state index is 0.0737. The zero-order valence-corrected chi connectivity index (χ0v) is 37.4. The van der Waals surface area contributed by atoms with Crippen molar-refractivity contribution in [2.45, 2.75) is 51.9 Å². The van der Waals surface area contributed by atoms with Gasteiger partial charge in [0.25, 0.3) is 0 Å². The Bertz CT molecular complexity index is 3650. The largest absolute Gasteiger partial charge is 0.307 e. The van der Waals surface area contributed by atoms with Gasteiger partial charge >= 0.3 is 0 Å². The molecule has 0 N–H and O–H groups in total. The first-order valence-electron chi connectivity index (χ1n) is 22.8. The molecule has 3 aromatic heterocycles. The lowest BCUT2D eigenvalue weighted by atomic mass is 9.58. The molecular weight excluding hydrogens is 791 g/mol. The van der Waals surface area contributed by atoms with Crippen molar-refractivity contribution in [3.8, 4) is 56.7 Å². The number of nitrogens with zero attached hydrogens (tertiary/aromatic N) is 5. The van der Waals surface area contributed by atoms with Crippen molar-refractivity contribution in [3.05, 3.63) is 199 Å². The molecule has 1 unspecified atom stereocenters. The Morgan fingerprint density at radius 1 is 0.415 bits per heavy atom. The average Bonchev–Trinajstić information content (AvgIpc) is 3.87. The number of hydrogen-bond acceptors (Lipinski definition) is 3. The molecule has 0 fully saturated rings. The molecule has 12 rings (SSSR count). The Morgan fingerprint density at radius 2 is 0.938 bits per heavy atom. The van der Waals surface area contributed by atoms with Crippen LogP contribution < -0.4 is 0 Å². The van der Waals surface area contributed by atoms with E-state index in [1.165, 1.54) is 39.4 Å². The van der Waals surface area contributed by atoms with Crippen LogP contribution in [0, 0.1) is 5.92 Å². The molecule has 314 valence electrons. The molecule has 5 nitrogen and oxygen atoms in total. The molecule has 0 aliphatic heterocycles. The number of para-hydroxylation sites is 2. The van der Waals surface area contributed by atoms with E-state index in [-0.39, 0.29) is 10.8 Å². The summed E-state index contributed by atoms with van der Waals surface area (Å²) in [6, 6.07) is 67.6. The second-order valence-corrected chi connectivity index (χ2v) is 19.2. The lowest BCUT2D eigenvalue weighted by Gasteiger charge is -2.46. The van der Waals surface area contributed by atoms with Crippen LogP contribution in [0.5, 0.6) is 0 Å². The Morgan fingerprint density at radius 3 is 1.63 bits per heavy atom. The van der Waals surface area contributed by atoms with Crippen molar-refractivity contribution in [3.63, 3.8) is 0 Å². The van der Waals surface area contributed by atoms with Crippen molar-refractivity contribution in [2.75, 3.05) is 0 Å². The fourth-order valence-electron chi connectivity index (χ4n) is 10.8. The number of benzene rings is 8. The molecule has 5 heteroatoms. The van der Waals surface area contributed by atoms with Gasteiger partial charge in [0.05, 0.1) is 22.1 Å². The summed E-state index contributed by atoms with van der Waals surface area (Å²) in [7, 11) is 0. The van der Waals surface area contributed by atoms with Gasteiger partial charge < -0.3 is 4.57 Å². The van der Waals surface area contributed by atoms with Crippen LogP contribution in [0.15, 0.2) is 188 Å². The molecule has 1 atom stereocenters. The molecule has 1 aliphatic rings. The first-order chi connectivity index (χ1) is 31.6. The Labute approximate surface area is 379 Å². The van der Waals surface area contributed by atoms with Gasteiger partial charge in [-0.3, -0.25) is 4.57 Å². The van der Waals surface area contributed by atoms with Crippen LogP contribution in [0.25, 0.3) is 100 Å². The van der Waals surface area contributed by atoms with Gasteiger partial charge in [-0.25, -0.2) is 4.98 Å². The molecule has 8 aromatic carbocycles. The van der Waals surface area contributed by atoms with Gasteiger partial charge in [0.2, 0.25) is 5.95 Å². The highest BCUT2D eigenvalue weighted by Crippen LogP contribution is 2.50. The van der Waals surface area contributed by atoms with Crippen molar-refractivity contribution in [1.29, 1.82) is 0 Å². The van der Waals surface area contributed by atoms with Crippen LogP contribution in [0.4, 0.5) is 0 Å². The molecule has 1 aliphatic carbocycles. The number of fused-ring (bicyclic) bond motifs is 8. The first kappa shape index (κ1) is 39.0. The summed E-state index contributed by atoms with van der Waals surface area (Å²) in [4.78, 5) is 16.0. The third kappa shape index (κ3) is 6.24. The van der Waals surface area contributed by atoms with Crippen molar-refractivity contribution >= 4 is 43.6 Å². The van der Waals surface area contributed by atoms with Gasteiger partial charge in [0, 0.05) is 38.4 Å². The molecule has 0 spiro atoms. The molecule has 0 saturated heterocycles. The van der Waals surface area contributed by atoms with Crippen LogP contribution in [0.3, 0.4) is 0 Å². The summed E-state index contributed by atoms with van der Waals surface area (Å²) < 4.78 is 4.74. The minimum Gasteiger partial charge on any atom is -0.307 e. The normalized spacial score (nSPS) is 15.5. The Hall–Kier alpha value is -7.63. The zero-order valence-electron chi connectivity index (χ0n) is 37.4. The van der Waals surface area contributed by atoms with E-state index in [1.54, 1.807) is 0 Å². The van der Waals surface area contributed by atoms with Crippen molar-refractivity contribution in [2.24, 2.45) is 5.92 Å². The van der Waals surface area contributed by atoms with E-state index in [9.17, 15) is 0 Å². The Kier molecular flexibility index (Phi) is 8.83. The molecule has 11 aromatic rings. The average molecular weight is 840 g/mol. The van der Waals surface area contributed by atoms with E-state index in [0.29, 0.717) is 23.5 Å². The Balaban J connectivity index is 1.13. The third-order valence-corrected chi connectivity index (χ3v) is 14.5. The quantitative estimate of drug-likeness (QED) is 0.168. The van der Waals surface area contributed by atoms with Crippen molar-refractivity contribution in [1.82, 2.24) is 24.1 Å². The molecule has 0 radical (unpaired) electrons. The number of aromatic nitrogens is 5. The van der Waals surface area contributed by atoms with Gasteiger partial charge in [-0.05, 0) is 86.9 Å². The van der Waals surface area contributed by atoms with E-state index >= 15 is 0 Å². The second-order valence-electron chi connectivity index (χ2n) is 19.2. The highest BCUT2D eigenvalue weighted by atomic mass is 15.2. The fourth-order valence-corrected chi connectivity index (χ4v) is 10.8. The molecule has 0 bridgehead atoms. The van der Waals surface area contributed by atoms with E-state index in [0.717, 1.165) is 60.8 Å². The number of rotatable bonds is 6. The molecule has 0 amide bonds. The lowest BCUT2D eigenvalue weighted by Crippen LogP contribution is -2.40. The van der Waals surface area contributed by atoms with Crippen LogP contribution in [-0.2, 0) is 10.8 Å². The molecule has 0 saturated carbocycles. The highest BCUT2D eigenvalue weighted by molar-refractivity contribution is 6.23. The van der Waals surface area contributed by atoms with Crippen molar-refractivity contribution < 1.29 is 0 Å². The summed E-state index contributed by atoms with van der Waals surface area (Å²) >= 11 is 0. The predicted molar refractivity (Wildman–Crippen MR) is 270 cm³/mol. The minimum absolute atomic E-state index is 0.0737. The number of hydrogen-bond donors (Lipinski definition) is 0. The van der Waals surface area contributed by atoms with E-state index in [1.807, 2.05) is 24.3 Å². The second kappa shape index (κ2) is 14.7. The third-order valence-electron chi connectivity index (χ3n) is 14.5. The maximum Gasteiger partial charge on any atom is 0.238 e. The summed E-state index contributed by atoms with van der Waals surface area (Å²) in [5.41, 5.74) is 15.1. The standard InChI is InChI=1S/C60H49N5/c1-38-37-59(2,3)50-33-30-43(36-51(50)60(38,4)5)42-23-17-25-45(35-42)64-52-28-14-12-26-46(52)48-31-32-49-47-27-13-15-29-53(47)65(55(49)54(48)64)58-62-56(40-20-10-7-11-21-40)61-57(63-58)44-24-16-22-41(34-44)39-18-8-6-9-19-39/h6-36,38H,37H2,1-5H3. The van der Waals surface area contributed by atoms with Gasteiger partial charge in [-0.2, -0.15) is 9.97 Å². The summed E-state index contributed by atoms with van der Waals surface area (Å²) in [5, 5.41) is 4.63. The first-order valence-corrected chi connectivity index (χ1v) is 22.8. The van der Waals surface area contributed by atoms with E-state index < -0.39 is 0 Å². The summed E-state index contributed by atoms with van der Waals surface area (Å²) in [5.74, 6) is 2.37. The molecule has 65 heavy (non-hydrogen) atoms. The molecular formula is C60H49N5. The highest BCUT2D eigenvalue weighted by Gasteiger charge is 2.42. The maximum atomic E-state index is 5.42. The lowest BCUT2D eigenvalue weighted by molar-refractivity contribution is 0.233. The van der Waals surface area contributed by atoms with E-state index in [4.69, 9.17) is 15.0 Å². The predicted octanol–water partition coefficient (Wildman–Crippen LogP) is 15.3. The topological polar surface area (TPSA) is 48.5 Å².